The summed E-state index contributed by atoms with van der Waals surface area (Å²) in [5, 5.41) is 11.9. The Kier molecular flexibility index (Phi) is 3.65. The molecule has 1 aromatic heterocycles. The van der Waals surface area contributed by atoms with Crippen LogP contribution in [0.15, 0.2) is 59.0 Å². The first-order chi connectivity index (χ1) is 9.81. The van der Waals surface area contributed by atoms with Crippen LogP contribution in [-0.4, -0.2) is 10.2 Å². The smallest absolute Gasteiger partial charge is 0.247 e. The largest absolute Gasteiger partial charge is 0.419 e. The van der Waals surface area contributed by atoms with E-state index in [1.54, 1.807) is 0 Å². The molecule has 0 aliphatic carbocycles. The van der Waals surface area contributed by atoms with Crippen LogP contribution in [0.5, 0.6) is 0 Å². The first kappa shape index (κ1) is 12.7. The minimum absolute atomic E-state index is 0.459. The minimum atomic E-state index is 0.459. The fourth-order valence-electron chi connectivity index (χ4n) is 1.80. The van der Waals surface area contributed by atoms with Gasteiger partial charge in [-0.3, -0.25) is 0 Å². The lowest BCUT2D eigenvalue weighted by Gasteiger charge is -2.03. The van der Waals surface area contributed by atoms with Crippen molar-refractivity contribution in [2.75, 3.05) is 5.32 Å². The van der Waals surface area contributed by atoms with Gasteiger partial charge in [0.15, 0.2) is 0 Å². The number of hydrogen-bond donors (Lipinski definition) is 1. The molecule has 0 unspecified atom stereocenters. The third-order valence-electron chi connectivity index (χ3n) is 2.76. The molecule has 1 heterocycles. The zero-order chi connectivity index (χ0) is 13.8. The van der Waals surface area contributed by atoms with Crippen molar-refractivity contribution in [2.24, 2.45) is 0 Å². The van der Waals surface area contributed by atoms with Crippen LogP contribution in [0, 0.1) is 0 Å². The van der Waals surface area contributed by atoms with Crippen molar-refractivity contribution < 1.29 is 4.42 Å². The summed E-state index contributed by atoms with van der Waals surface area (Å²) in [6, 6.07) is 17.2. The molecule has 0 saturated carbocycles. The summed E-state index contributed by atoms with van der Waals surface area (Å²) >= 11 is 5.92. The third-order valence-corrected chi connectivity index (χ3v) is 2.99. The highest BCUT2D eigenvalue weighted by Gasteiger charge is 2.07. The summed E-state index contributed by atoms with van der Waals surface area (Å²) in [6.07, 6.45) is 0. The number of nitrogens with zero attached hydrogens (tertiary/aromatic N) is 2. The minimum Gasteiger partial charge on any atom is -0.419 e. The van der Waals surface area contributed by atoms with Gasteiger partial charge < -0.3 is 9.73 Å². The van der Waals surface area contributed by atoms with E-state index in [-0.39, 0.29) is 0 Å². The Hall–Kier alpha value is -2.33. The maximum Gasteiger partial charge on any atom is 0.247 e. The van der Waals surface area contributed by atoms with E-state index >= 15 is 0 Å². The monoisotopic (exact) mass is 285 g/mol. The number of benzene rings is 2. The van der Waals surface area contributed by atoms with Gasteiger partial charge in [0, 0.05) is 16.3 Å². The molecule has 0 bridgehead atoms. The lowest BCUT2D eigenvalue weighted by Crippen LogP contribution is -1.99. The van der Waals surface area contributed by atoms with Gasteiger partial charge in [-0.2, -0.15) is 0 Å². The highest BCUT2D eigenvalue weighted by Crippen LogP contribution is 2.18. The normalized spacial score (nSPS) is 10.4. The van der Waals surface area contributed by atoms with Crippen molar-refractivity contribution in [3.8, 4) is 11.5 Å². The fourth-order valence-corrected chi connectivity index (χ4v) is 1.99. The molecule has 1 N–H and O–H groups in total. The molecular weight excluding hydrogens is 274 g/mol. The number of anilines is 1. The van der Waals surface area contributed by atoms with Gasteiger partial charge in [0.2, 0.25) is 11.8 Å². The van der Waals surface area contributed by atoms with Gasteiger partial charge in [-0.25, -0.2) is 0 Å². The Morgan fingerprint density at radius 2 is 1.85 bits per heavy atom. The van der Waals surface area contributed by atoms with E-state index in [0.717, 1.165) is 11.3 Å². The Labute approximate surface area is 121 Å². The van der Waals surface area contributed by atoms with E-state index < -0.39 is 0 Å². The molecule has 5 heteroatoms. The highest BCUT2D eigenvalue weighted by molar-refractivity contribution is 6.30. The summed E-state index contributed by atoms with van der Waals surface area (Å²) in [5.41, 5.74) is 1.82. The molecule has 0 aliphatic heterocycles. The van der Waals surface area contributed by atoms with E-state index in [9.17, 15) is 0 Å². The van der Waals surface area contributed by atoms with Gasteiger partial charge in [0.25, 0.3) is 0 Å². The molecule has 20 heavy (non-hydrogen) atoms. The lowest BCUT2D eigenvalue weighted by atomic mass is 10.2. The summed E-state index contributed by atoms with van der Waals surface area (Å²) in [7, 11) is 0. The summed E-state index contributed by atoms with van der Waals surface area (Å²) in [5.74, 6) is 1.05. The molecule has 0 saturated heterocycles. The van der Waals surface area contributed by atoms with Crippen molar-refractivity contribution in [3.05, 3.63) is 65.5 Å². The number of halogens is 1. The van der Waals surface area contributed by atoms with Crippen molar-refractivity contribution in [1.82, 2.24) is 10.2 Å². The lowest BCUT2D eigenvalue weighted by molar-refractivity contribution is 0.515. The van der Waals surface area contributed by atoms with Gasteiger partial charge in [0.1, 0.15) is 0 Å². The average molecular weight is 286 g/mol. The molecule has 0 amide bonds. The van der Waals surface area contributed by atoms with Crippen molar-refractivity contribution in [2.45, 2.75) is 6.54 Å². The second-order valence-corrected chi connectivity index (χ2v) is 4.67. The Morgan fingerprint density at radius 3 is 2.65 bits per heavy atom. The predicted octanol–water partition coefficient (Wildman–Crippen LogP) is 4.00. The highest BCUT2D eigenvalue weighted by atomic mass is 35.5. The van der Waals surface area contributed by atoms with Crippen LogP contribution in [0.4, 0.5) is 5.69 Å². The quantitative estimate of drug-likeness (QED) is 0.787. The number of rotatable bonds is 4. The maximum absolute atomic E-state index is 5.92. The molecule has 100 valence electrons. The number of hydrogen-bond acceptors (Lipinski definition) is 4. The topological polar surface area (TPSA) is 51.0 Å². The zero-order valence-corrected chi connectivity index (χ0v) is 11.3. The van der Waals surface area contributed by atoms with E-state index in [4.69, 9.17) is 16.0 Å². The van der Waals surface area contributed by atoms with Gasteiger partial charge in [-0.1, -0.05) is 35.9 Å². The van der Waals surface area contributed by atoms with Crippen molar-refractivity contribution >= 4 is 17.3 Å². The summed E-state index contributed by atoms with van der Waals surface area (Å²) in [6.45, 7) is 0.459. The molecule has 0 spiro atoms. The Bertz CT molecular complexity index is 697. The third kappa shape index (κ3) is 2.97. The molecule has 2 aromatic carbocycles. The van der Waals surface area contributed by atoms with E-state index in [1.165, 1.54) is 0 Å². The van der Waals surface area contributed by atoms with E-state index in [2.05, 4.69) is 15.5 Å². The predicted molar refractivity (Wildman–Crippen MR) is 78.5 cm³/mol. The number of nitrogens with one attached hydrogen (secondary N) is 1. The first-order valence-electron chi connectivity index (χ1n) is 6.18. The fraction of sp³-hybridized carbons (Fsp3) is 0.0667. The van der Waals surface area contributed by atoms with Crippen LogP contribution in [0.25, 0.3) is 11.5 Å². The standard InChI is InChI=1S/C15H12ClN3O/c16-12-7-4-8-13(9-12)17-10-14-18-19-15(20-14)11-5-2-1-3-6-11/h1-9,17H,10H2. The number of aromatic nitrogens is 2. The summed E-state index contributed by atoms with van der Waals surface area (Å²) in [4.78, 5) is 0. The molecule has 0 atom stereocenters. The van der Waals surface area contributed by atoms with E-state index in [1.807, 2.05) is 54.6 Å². The van der Waals surface area contributed by atoms with Crippen LogP contribution < -0.4 is 5.32 Å². The summed E-state index contributed by atoms with van der Waals surface area (Å²) < 4.78 is 5.60. The Morgan fingerprint density at radius 1 is 1.00 bits per heavy atom. The zero-order valence-electron chi connectivity index (χ0n) is 10.6. The van der Waals surface area contributed by atoms with Crippen LogP contribution in [0.3, 0.4) is 0 Å². The molecule has 3 aromatic rings. The SMILES string of the molecule is Clc1cccc(NCc2nnc(-c3ccccc3)o2)c1. The van der Waals surface area contributed by atoms with Crippen molar-refractivity contribution in [3.63, 3.8) is 0 Å². The van der Waals surface area contributed by atoms with Gasteiger partial charge >= 0.3 is 0 Å². The maximum atomic E-state index is 5.92. The van der Waals surface area contributed by atoms with Crippen molar-refractivity contribution in [1.29, 1.82) is 0 Å². The Balaban J connectivity index is 1.69. The average Bonchev–Trinajstić information content (AvgIpc) is 2.95. The molecule has 3 rings (SSSR count). The van der Waals surface area contributed by atoms with Crippen LogP contribution in [0.1, 0.15) is 5.89 Å². The van der Waals surface area contributed by atoms with E-state index in [0.29, 0.717) is 23.3 Å². The van der Waals surface area contributed by atoms with Crippen LogP contribution in [0.2, 0.25) is 5.02 Å². The van der Waals surface area contributed by atoms with Gasteiger partial charge in [0.05, 0.1) is 6.54 Å². The van der Waals surface area contributed by atoms with Gasteiger partial charge in [-0.15, -0.1) is 10.2 Å². The molecule has 4 nitrogen and oxygen atoms in total. The molecular formula is C15H12ClN3O. The molecule has 0 radical (unpaired) electrons. The second kappa shape index (κ2) is 5.75. The second-order valence-electron chi connectivity index (χ2n) is 4.23. The van der Waals surface area contributed by atoms with Crippen LogP contribution >= 0.6 is 11.6 Å². The first-order valence-corrected chi connectivity index (χ1v) is 6.56. The van der Waals surface area contributed by atoms with Gasteiger partial charge in [-0.05, 0) is 30.3 Å². The molecule has 0 fully saturated rings. The van der Waals surface area contributed by atoms with Crippen LogP contribution in [-0.2, 0) is 6.54 Å². The molecule has 0 aliphatic rings.